The highest BCUT2D eigenvalue weighted by Gasteiger charge is 2.33. The van der Waals surface area contributed by atoms with Crippen LogP contribution in [0.1, 0.15) is 39.8 Å². The van der Waals surface area contributed by atoms with Crippen LogP contribution in [0.2, 0.25) is 0 Å². The van der Waals surface area contributed by atoms with E-state index >= 15 is 0 Å². The van der Waals surface area contributed by atoms with Crippen molar-refractivity contribution in [1.29, 1.82) is 0 Å². The molecule has 1 atom stereocenters. The first-order valence-corrected chi connectivity index (χ1v) is 14.1. The third-order valence-corrected chi connectivity index (χ3v) is 7.86. The number of nitrogens with zero attached hydrogens (tertiary/aromatic N) is 5. The fourth-order valence-electron chi connectivity index (χ4n) is 4.55. The minimum Gasteiger partial charge on any atom is -0.497 e. The van der Waals surface area contributed by atoms with E-state index in [9.17, 15) is 14.0 Å². The van der Waals surface area contributed by atoms with E-state index in [1.54, 1.807) is 55.1 Å². The lowest BCUT2D eigenvalue weighted by Crippen LogP contribution is -2.28. The maximum atomic E-state index is 13.6. The summed E-state index contributed by atoms with van der Waals surface area (Å²) in [6.07, 6.45) is 0.481. The first kappa shape index (κ1) is 28.8. The zero-order valence-electron chi connectivity index (χ0n) is 23.3. The maximum Gasteiger partial charge on any atom is 0.255 e. The number of amides is 2. The highest BCUT2D eigenvalue weighted by molar-refractivity contribution is 7.99. The standard InChI is InChI=1S/C30H29FN6O4S/c1-36-27(17-32-29(39)23-6-4-5-7-26(23)41-3)33-34-30(36)42-18-28(38)37-25(20-8-12-21(31)13-9-20)16-24(35-37)19-10-14-22(40-2)15-11-19/h4-15,25H,16-18H2,1-3H3,(H,32,39)/t25-/m1/s1. The van der Waals surface area contributed by atoms with E-state index in [-0.39, 0.29) is 36.0 Å². The lowest BCUT2D eigenvalue weighted by atomic mass is 9.98. The number of carbonyl (C=O) groups excluding carboxylic acids is 2. The first-order chi connectivity index (χ1) is 20.4. The maximum absolute atomic E-state index is 13.6. The van der Waals surface area contributed by atoms with E-state index in [1.807, 2.05) is 24.3 Å². The molecule has 0 fully saturated rings. The van der Waals surface area contributed by atoms with Gasteiger partial charge >= 0.3 is 0 Å². The average Bonchev–Trinajstić information content (AvgIpc) is 3.63. The summed E-state index contributed by atoms with van der Waals surface area (Å²) in [7, 11) is 4.88. The molecule has 1 aliphatic rings. The Morgan fingerprint density at radius 2 is 1.74 bits per heavy atom. The van der Waals surface area contributed by atoms with E-state index in [2.05, 4.69) is 20.6 Å². The highest BCUT2D eigenvalue weighted by atomic mass is 32.2. The van der Waals surface area contributed by atoms with Crippen LogP contribution < -0.4 is 14.8 Å². The molecule has 2 heterocycles. The topological polar surface area (TPSA) is 111 Å². The molecule has 42 heavy (non-hydrogen) atoms. The van der Waals surface area contributed by atoms with Crippen molar-refractivity contribution >= 4 is 29.3 Å². The molecule has 4 aromatic rings. The molecule has 1 aromatic heterocycles. The highest BCUT2D eigenvalue weighted by Crippen LogP contribution is 2.34. The monoisotopic (exact) mass is 588 g/mol. The zero-order chi connectivity index (χ0) is 29.6. The quantitative estimate of drug-likeness (QED) is 0.274. The SMILES string of the molecule is COc1ccc(C2=NN(C(=O)CSc3nnc(CNC(=O)c4ccccc4OC)n3C)[C@@H](c3ccc(F)cc3)C2)cc1. The number of benzene rings is 3. The van der Waals surface area contributed by atoms with Crippen molar-refractivity contribution in [3.05, 3.63) is 101 Å². The molecule has 1 N–H and O–H groups in total. The molecule has 3 aromatic carbocycles. The van der Waals surface area contributed by atoms with Gasteiger partial charge in [0.2, 0.25) is 0 Å². The Morgan fingerprint density at radius 1 is 1.00 bits per heavy atom. The van der Waals surface area contributed by atoms with Crippen molar-refractivity contribution in [2.75, 3.05) is 20.0 Å². The molecule has 5 rings (SSSR count). The molecule has 0 aliphatic carbocycles. The fourth-order valence-corrected chi connectivity index (χ4v) is 5.33. The Bertz CT molecular complexity index is 1610. The van der Waals surface area contributed by atoms with E-state index in [1.165, 1.54) is 36.0 Å². The minimum atomic E-state index is -0.379. The molecule has 10 nitrogen and oxygen atoms in total. The smallest absolute Gasteiger partial charge is 0.255 e. The molecule has 0 unspecified atom stereocenters. The lowest BCUT2D eigenvalue weighted by molar-refractivity contribution is -0.130. The predicted octanol–water partition coefficient (Wildman–Crippen LogP) is 4.37. The largest absolute Gasteiger partial charge is 0.497 e. The Balaban J connectivity index is 1.27. The number of rotatable bonds is 10. The molecular formula is C30H29FN6O4S. The molecule has 0 saturated carbocycles. The van der Waals surface area contributed by atoms with Crippen LogP contribution in [-0.4, -0.2) is 57.3 Å². The van der Waals surface area contributed by atoms with Gasteiger partial charge in [-0.3, -0.25) is 9.59 Å². The summed E-state index contributed by atoms with van der Waals surface area (Å²) in [5.41, 5.74) is 2.82. The summed E-state index contributed by atoms with van der Waals surface area (Å²) in [6, 6.07) is 20.2. The van der Waals surface area contributed by atoms with E-state index in [0.717, 1.165) is 22.6 Å². The lowest BCUT2D eigenvalue weighted by Gasteiger charge is -2.22. The van der Waals surface area contributed by atoms with Crippen LogP contribution in [0.5, 0.6) is 11.5 Å². The molecule has 216 valence electrons. The molecule has 2 amide bonds. The second-order valence-corrected chi connectivity index (χ2v) is 10.4. The van der Waals surface area contributed by atoms with Crippen LogP contribution in [0.4, 0.5) is 4.39 Å². The van der Waals surface area contributed by atoms with Gasteiger partial charge in [-0.15, -0.1) is 10.2 Å². The van der Waals surface area contributed by atoms with Crippen molar-refractivity contribution in [3.63, 3.8) is 0 Å². The van der Waals surface area contributed by atoms with Gasteiger partial charge in [0.25, 0.3) is 11.8 Å². The number of hydrazone groups is 1. The summed E-state index contributed by atoms with van der Waals surface area (Å²) in [5.74, 6) is 0.895. The van der Waals surface area contributed by atoms with Crippen LogP contribution in [0.3, 0.4) is 0 Å². The molecule has 1 aliphatic heterocycles. The number of methoxy groups -OCH3 is 2. The van der Waals surface area contributed by atoms with Gasteiger partial charge in [-0.2, -0.15) is 5.10 Å². The average molecular weight is 589 g/mol. The summed E-state index contributed by atoms with van der Waals surface area (Å²) in [4.78, 5) is 26.1. The number of carbonyl (C=O) groups is 2. The van der Waals surface area contributed by atoms with Gasteiger partial charge in [-0.25, -0.2) is 9.40 Å². The van der Waals surface area contributed by atoms with Gasteiger partial charge < -0.3 is 19.4 Å². The Labute approximate surface area is 246 Å². The summed E-state index contributed by atoms with van der Waals surface area (Å²) in [6.45, 7) is 0.142. The second-order valence-electron chi connectivity index (χ2n) is 9.41. The number of hydrogen-bond acceptors (Lipinski definition) is 8. The summed E-state index contributed by atoms with van der Waals surface area (Å²) >= 11 is 1.22. The molecule has 0 spiro atoms. The molecule has 0 radical (unpaired) electrons. The van der Waals surface area contributed by atoms with Gasteiger partial charge in [0.05, 0.1) is 43.8 Å². The number of halogens is 1. The van der Waals surface area contributed by atoms with Crippen LogP contribution in [0.15, 0.2) is 83.1 Å². The molecule has 0 saturated heterocycles. The normalized spacial score (nSPS) is 14.4. The van der Waals surface area contributed by atoms with Crippen molar-refractivity contribution < 1.29 is 23.5 Å². The summed E-state index contributed by atoms with van der Waals surface area (Å²) < 4.78 is 25.9. The number of hydrogen-bond donors (Lipinski definition) is 1. The Hall–Kier alpha value is -4.71. The third kappa shape index (κ3) is 6.28. The number of ether oxygens (including phenoxy) is 2. The van der Waals surface area contributed by atoms with Gasteiger partial charge in [0.1, 0.15) is 17.3 Å². The Morgan fingerprint density at radius 3 is 2.45 bits per heavy atom. The van der Waals surface area contributed by atoms with Crippen molar-refractivity contribution in [2.24, 2.45) is 12.1 Å². The Kier molecular flexibility index (Phi) is 8.82. The predicted molar refractivity (Wildman–Crippen MR) is 156 cm³/mol. The van der Waals surface area contributed by atoms with Crippen LogP contribution in [0.25, 0.3) is 0 Å². The fraction of sp³-hybridized carbons (Fsp3) is 0.233. The van der Waals surface area contributed by atoms with E-state index in [0.29, 0.717) is 28.7 Å². The van der Waals surface area contributed by atoms with Crippen LogP contribution in [-0.2, 0) is 18.4 Å². The zero-order valence-corrected chi connectivity index (χ0v) is 24.1. The van der Waals surface area contributed by atoms with Crippen molar-refractivity contribution in [1.82, 2.24) is 25.1 Å². The van der Waals surface area contributed by atoms with Gasteiger partial charge in [-0.1, -0.05) is 36.0 Å². The van der Waals surface area contributed by atoms with Crippen LogP contribution in [0, 0.1) is 5.82 Å². The van der Waals surface area contributed by atoms with Crippen LogP contribution >= 0.6 is 11.8 Å². The van der Waals surface area contributed by atoms with Gasteiger partial charge in [0.15, 0.2) is 11.0 Å². The number of para-hydroxylation sites is 1. The summed E-state index contributed by atoms with van der Waals surface area (Å²) in [5, 5.41) is 17.9. The number of thioether (sulfide) groups is 1. The molecule has 12 heteroatoms. The first-order valence-electron chi connectivity index (χ1n) is 13.1. The molecule has 0 bridgehead atoms. The van der Waals surface area contributed by atoms with E-state index in [4.69, 9.17) is 9.47 Å². The van der Waals surface area contributed by atoms with E-state index < -0.39 is 0 Å². The molecular weight excluding hydrogens is 559 g/mol. The third-order valence-electron chi connectivity index (χ3n) is 6.85. The van der Waals surface area contributed by atoms with Gasteiger partial charge in [-0.05, 0) is 59.7 Å². The minimum absolute atomic E-state index is 0.0522. The van der Waals surface area contributed by atoms with Gasteiger partial charge in [0, 0.05) is 13.5 Å². The van der Waals surface area contributed by atoms with Crippen molar-refractivity contribution in [3.8, 4) is 11.5 Å². The van der Waals surface area contributed by atoms with Crippen molar-refractivity contribution in [2.45, 2.75) is 24.2 Å². The second kappa shape index (κ2) is 12.9. The number of aromatic nitrogens is 3. The number of nitrogens with one attached hydrogen (secondary N) is 1.